The number of nitrogens with zero attached hydrogens (tertiary/aromatic N) is 3. The van der Waals surface area contributed by atoms with E-state index in [9.17, 15) is 0 Å². The Labute approximate surface area is 321 Å². The zero-order valence-corrected chi connectivity index (χ0v) is 30.5. The Morgan fingerprint density at radius 3 is 1.65 bits per heavy atom. The third kappa shape index (κ3) is 5.30. The molecule has 0 bridgehead atoms. The van der Waals surface area contributed by atoms with Crippen molar-refractivity contribution in [3.8, 4) is 56.4 Å². The zero-order chi connectivity index (χ0) is 36.3. The summed E-state index contributed by atoms with van der Waals surface area (Å²) in [4.78, 5) is 15.8. The predicted molar refractivity (Wildman–Crippen MR) is 232 cm³/mol. The van der Waals surface area contributed by atoms with E-state index in [0.29, 0.717) is 17.5 Å². The first kappa shape index (κ1) is 31.5. The molecule has 0 aliphatic heterocycles. The van der Waals surface area contributed by atoms with Gasteiger partial charge in [-0.15, -0.1) is 11.3 Å². The van der Waals surface area contributed by atoms with Gasteiger partial charge in [0.05, 0.1) is 0 Å². The van der Waals surface area contributed by atoms with E-state index in [-0.39, 0.29) is 0 Å². The quantitative estimate of drug-likeness (QED) is 0.166. The van der Waals surface area contributed by atoms with Crippen LogP contribution in [0.3, 0.4) is 0 Å². The molecular weight excluding hydrogens is 687 g/mol. The summed E-state index contributed by atoms with van der Waals surface area (Å²) in [5.74, 6) is 1.95. The lowest BCUT2D eigenvalue weighted by atomic mass is 9.93. The number of hydrogen-bond donors (Lipinski definition) is 0. The fraction of sp³-hybridized carbons (Fsp3) is 0. The van der Waals surface area contributed by atoms with Crippen molar-refractivity contribution in [3.05, 3.63) is 188 Å². The van der Waals surface area contributed by atoms with Crippen LogP contribution in [-0.4, -0.2) is 15.0 Å². The lowest BCUT2D eigenvalue weighted by molar-refractivity contribution is 1.08. The molecule has 0 aliphatic rings. The van der Waals surface area contributed by atoms with Gasteiger partial charge in [-0.05, 0) is 72.8 Å². The zero-order valence-electron chi connectivity index (χ0n) is 29.6. The fourth-order valence-corrected chi connectivity index (χ4v) is 9.35. The van der Waals surface area contributed by atoms with Crippen molar-refractivity contribution in [2.75, 3.05) is 0 Å². The van der Waals surface area contributed by atoms with E-state index < -0.39 is 0 Å². The van der Waals surface area contributed by atoms with Crippen LogP contribution < -0.4 is 0 Å². The molecule has 0 radical (unpaired) electrons. The van der Waals surface area contributed by atoms with E-state index in [1.165, 1.54) is 58.1 Å². The number of fused-ring (bicyclic) bond motifs is 7. The molecule has 0 atom stereocenters. The van der Waals surface area contributed by atoms with Gasteiger partial charge >= 0.3 is 0 Å². The summed E-state index contributed by atoms with van der Waals surface area (Å²) >= 11 is 1.79. The number of benzene rings is 9. The SMILES string of the molecule is c1ccc(-c2cccc3ccccc23)c(-c2nc(-c3ccc(-c4cc5ccccc5c5ccccc45)cc3)nc(-c3cccc4c3sc3ccccc34)n2)c1. The number of rotatable bonds is 5. The minimum absolute atomic E-state index is 0.640. The molecule has 0 aliphatic carbocycles. The maximum atomic E-state index is 5.30. The maximum Gasteiger partial charge on any atom is 0.165 e. The van der Waals surface area contributed by atoms with Crippen molar-refractivity contribution >= 4 is 63.8 Å². The molecule has 9 aromatic carbocycles. The molecule has 0 spiro atoms. The highest BCUT2D eigenvalue weighted by molar-refractivity contribution is 7.26. The van der Waals surface area contributed by atoms with Crippen molar-refractivity contribution in [3.63, 3.8) is 0 Å². The van der Waals surface area contributed by atoms with E-state index in [1.54, 1.807) is 11.3 Å². The Morgan fingerprint density at radius 2 is 0.818 bits per heavy atom. The number of hydrogen-bond acceptors (Lipinski definition) is 4. The molecule has 0 fully saturated rings. The van der Waals surface area contributed by atoms with Gasteiger partial charge in [0.2, 0.25) is 0 Å². The molecule has 11 aromatic rings. The van der Waals surface area contributed by atoms with E-state index >= 15 is 0 Å². The van der Waals surface area contributed by atoms with E-state index in [4.69, 9.17) is 15.0 Å². The number of thiophene rings is 1. The molecule has 0 N–H and O–H groups in total. The normalized spacial score (nSPS) is 11.6. The molecule has 256 valence electrons. The molecule has 0 unspecified atom stereocenters. The van der Waals surface area contributed by atoms with Crippen LogP contribution in [0.15, 0.2) is 188 Å². The molecule has 4 heteroatoms. The van der Waals surface area contributed by atoms with Gasteiger partial charge in [-0.2, -0.15) is 0 Å². The fourth-order valence-electron chi connectivity index (χ4n) is 8.13. The highest BCUT2D eigenvalue weighted by atomic mass is 32.1. The molecule has 3 nitrogen and oxygen atoms in total. The summed E-state index contributed by atoms with van der Waals surface area (Å²) in [5, 5.41) is 9.84. The molecule has 0 saturated carbocycles. The first-order valence-corrected chi connectivity index (χ1v) is 19.3. The summed E-state index contributed by atoms with van der Waals surface area (Å²) in [6, 6.07) is 66.9. The summed E-state index contributed by atoms with van der Waals surface area (Å²) < 4.78 is 2.42. The van der Waals surface area contributed by atoms with Crippen molar-refractivity contribution in [2.45, 2.75) is 0 Å². The Kier molecular flexibility index (Phi) is 7.35. The van der Waals surface area contributed by atoms with Crippen LogP contribution in [0, 0.1) is 0 Å². The first-order chi connectivity index (χ1) is 27.3. The molecule has 11 rings (SSSR count). The Morgan fingerprint density at radius 1 is 0.291 bits per heavy atom. The third-order valence-corrected chi connectivity index (χ3v) is 12.0. The Hall–Kier alpha value is -7.01. The summed E-state index contributed by atoms with van der Waals surface area (Å²) in [5.41, 5.74) is 7.49. The molecule has 0 amide bonds. The Balaban J connectivity index is 1.11. The monoisotopic (exact) mass is 717 g/mol. The van der Waals surface area contributed by atoms with Gasteiger partial charge < -0.3 is 0 Å². The smallest absolute Gasteiger partial charge is 0.165 e. The maximum absolute atomic E-state index is 5.30. The van der Waals surface area contributed by atoms with Crippen LogP contribution >= 0.6 is 11.3 Å². The van der Waals surface area contributed by atoms with E-state index in [2.05, 4.69) is 188 Å². The lowest BCUT2D eigenvalue weighted by Crippen LogP contribution is -2.01. The van der Waals surface area contributed by atoms with Crippen molar-refractivity contribution in [1.82, 2.24) is 15.0 Å². The average molecular weight is 718 g/mol. The second-order valence-electron chi connectivity index (χ2n) is 13.9. The van der Waals surface area contributed by atoms with Gasteiger partial charge in [0.25, 0.3) is 0 Å². The summed E-state index contributed by atoms with van der Waals surface area (Å²) in [7, 11) is 0. The second-order valence-corrected chi connectivity index (χ2v) is 15.0. The van der Waals surface area contributed by atoms with Crippen LogP contribution in [-0.2, 0) is 0 Å². The highest BCUT2D eigenvalue weighted by Gasteiger charge is 2.19. The van der Waals surface area contributed by atoms with Gasteiger partial charge in [-0.1, -0.05) is 170 Å². The average Bonchev–Trinajstić information content (AvgIpc) is 3.65. The van der Waals surface area contributed by atoms with Gasteiger partial charge in [0.1, 0.15) is 0 Å². The van der Waals surface area contributed by atoms with Gasteiger partial charge in [0.15, 0.2) is 17.5 Å². The van der Waals surface area contributed by atoms with E-state index in [0.717, 1.165) is 33.4 Å². The topological polar surface area (TPSA) is 38.7 Å². The highest BCUT2D eigenvalue weighted by Crippen LogP contribution is 2.41. The molecule has 2 aromatic heterocycles. The van der Waals surface area contributed by atoms with Crippen molar-refractivity contribution in [2.24, 2.45) is 0 Å². The molecular formula is C51H31N3S. The summed E-state index contributed by atoms with van der Waals surface area (Å²) in [6.45, 7) is 0. The first-order valence-electron chi connectivity index (χ1n) is 18.5. The van der Waals surface area contributed by atoms with Crippen LogP contribution in [0.2, 0.25) is 0 Å². The lowest BCUT2D eigenvalue weighted by Gasteiger charge is -2.14. The standard InChI is InChI=1S/C51H31N3S/c1-3-16-36-32(13-1)15-11-23-39(36)40-19-7-8-22-44(40)50-52-49(53-51(54-50)45-25-12-24-43-42-21-9-10-26-47(42)55-48(43)45)34-29-27-33(28-30-34)46-31-35-14-2-4-17-37(35)38-18-5-6-20-41(38)46/h1-31H. The van der Waals surface area contributed by atoms with E-state index in [1.807, 2.05) is 0 Å². The van der Waals surface area contributed by atoms with Crippen molar-refractivity contribution in [1.29, 1.82) is 0 Å². The van der Waals surface area contributed by atoms with Gasteiger partial charge in [-0.3, -0.25) is 0 Å². The van der Waals surface area contributed by atoms with Crippen LogP contribution in [0.1, 0.15) is 0 Å². The van der Waals surface area contributed by atoms with Crippen LogP contribution in [0.5, 0.6) is 0 Å². The minimum Gasteiger partial charge on any atom is -0.208 e. The van der Waals surface area contributed by atoms with Gasteiger partial charge in [-0.25, -0.2) is 15.0 Å². The second kappa shape index (κ2) is 12.8. The van der Waals surface area contributed by atoms with Crippen LogP contribution in [0.4, 0.5) is 0 Å². The predicted octanol–water partition coefficient (Wildman–Crippen LogP) is 14.0. The Bertz CT molecular complexity index is 3270. The molecule has 2 heterocycles. The third-order valence-electron chi connectivity index (χ3n) is 10.8. The summed E-state index contributed by atoms with van der Waals surface area (Å²) in [6.07, 6.45) is 0. The number of aromatic nitrogens is 3. The molecule has 55 heavy (non-hydrogen) atoms. The molecule has 0 saturated heterocycles. The van der Waals surface area contributed by atoms with Crippen LogP contribution in [0.25, 0.3) is 109 Å². The van der Waals surface area contributed by atoms with Crippen molar-refractivity contribution < 1.29 is 0 Å². The minimum atomic E-state index is 0.640. The van der Waals surface area contributed by atoms with Gasteiger partial charge in [0, 0.05) is 36.9 Å². The largest absolute Gasteiger partial charge is 0.208 e.